The van der Waals surface area contributed by atoms with Crippen molar-refractivity contribution in [2.45, 2.75) is 33.2 Å². The summed E-state index contributed by atoms with van der Waals surface area (Å²) in [6.45, 7) is 6.47. The number of carbonyl (C=O) groups is 3. The molecule has 0 unspecified atom stereocenters. The number of amides is 2. The van der Waals surface area contributed by atoms with E-state index in [1.165, 1.54) is 11.3 Å². The van der Waals surface area contributed by atoms with E-state index >= 15 is 0 Å². The summed E-state index contributed by atoms with van der Waals surface area (Å²) in [7, 11) is 0. The van der Waals surface area contributed by atoms with E-state index in [1.807, 2.05) is 13.8 Å². The van der Waals surface area contributed by atoms with Gasteiger partial charge in [-0.3, -0.25) is 30.1 Å². The Hall–Kier alpha value is -2.16. The van der Waals surface area contributed by atoms with Gasteiger partial charge < -0.3 is 4.42 Å². The molecule has 0 aliphatic carbocycles. The number of furan rings is 1. The van der Waals surface area contributed by atoms with Gasteiger partial charge in [0.05, 0.1) is 15.8 Å². The number of nitrogens with one attached hydrogen (secondary N) is 2. The molecule has 0 aliphatic heterocycles. The Morgan fingerprint density at radius 2 is 1.81 bits per heavy atom. The van der Waals surface area contributed by atoms with Crippen LogP contribution in [0.4, 0.5) is 0 Å². The van der Waals surface area contributed by atoms with Crippen LogP contribution < -0.4 is 10.9 Å². The van der Waals surface area contributed by atoms with Gasteiger partial charge >= 0.3 is 5.91 Å². The molecule has 2 N–H and O–H groups in total. The molecule has 0 spiro atoms. The molecule has 0 aromatic carbocycles. The lowest BCUT2D eigenvalue weighted by Crippen LogP contribution is -2.41. The molecule has 0 aliphatic rings. The van der Waals surface area contributed by atoms with Crippen molar-refractivity contribution in [1.29, 1.82) is 0 Å². The van der Waals surface area contributed by atoms with Crippen LogP contribution in [0.15, 0.2) is 28.7 Å². The van der Waals surface area contributed by atoms with Gasteiger partial charge in [-0.1, -0.05) is 25.4 Å². The number of ketones is 1. The highest BCUT2D eigenvalue weighted by Crippen LogP contribution is 2.22. The van der Waals surface area contributed by atoms with Crippen molar-refractivity contribution in [3.63, 3.8) is 0 Å². The Kier molecular flexibility index (Phi) is 8.02. The summed E-state index contributed by atoms with van der Waals surface area (Å²) < 4.78 is 6.02. The van der Waals surface area contributed by atoms with Crippen LogP contribution in [0.5, 0.6) is 0 Å². The molecule has 2 aromatic rings. The third-order valence-corrected chi connectivity index (χ3v) is 5.17. The summed E-state index contributed by atoms with van der Waals surface area (Å²) in [6, 6.07) is 6.56. The second-order valence-electron chi connectivity index (χ2n) is 5.76. The molecule has 2 heterocycles. The second kappa shape index (κ2) is 10.2. The lowest BCUT2D eigenvalue weighted by molar-refractivity contribution is -0.121. The van der Waals surface area contributed by atoms with Crippen LogP contribution in [-0.2, 0) is 11.3 Å². The number of hydrazine groups is 1. The van der Waals surface area contributed by atoms with Crippen LogP contribution in [0.2, 0.25) is 4.34 Å². The first-order valence-electron chi connectivity index (χ1n) is 8.61. The van der Waals surface area contributed by atoms with Crippen LogP contribution >= 0.6 is 22.9 Å². The molecule has 2 rings (SSSR count). The smallest absolute Gasteiger partial charge is 0.305 e. The normalized spacial score (nSPS) is 10.8. The first-order chi connectivity index (χ1) is 12.9. The van der Waals surface area contributed by atoms with Crippen molar-refractivity contribution >= 4 is 40.5 Å². The van der Waals surface area contributed by atoms with Gasteiger partial charge in [-0.15, -0.1) is 11.3 Å². The van der Waals surface area contributed by atoms with Gasteiger partial charge in [0.1, 0.15) is 5.76 Å². The standard InChI is InChI=1S/C18H22ClN3O4S/c1-3-22(4-2)11-12-5-7-14(26-12)18(25)21-20-17(24)10-6-13(23)15-8-9-16(19)27-15/h5,7-9H,3-4,6,10-11H2,1-2H3,(H,20,24)(H,21,25). The van der Waals surface area contributed by atoms with E-state index in [4.69, 9.17) is 16.0 Å². The summed E-state index contributed by atoms with van der Waals surface area (Å²) in [6.07, 6.45) is -0.00663. The predicted octanol–water partition coefficient (Wildman–Crippen LogP) is 3.26. The van der Waals surface area contributed by atoms with E-state index in [9.17, 15) is 14.4 Å². The van der Waals surface area contributed by atoms with Crippen LogP contribution in [0.25, 0.3) is 0 Å². The number of hydrogen-bond acceptors (Lipinski definition) is 6. The minimum Gasteiger partial charge on any atom is -0.454 e. The minimum absolute atomic E-state index is 0.0350. The molecule has 0 atom stereocenters. The highest BCUT2D eigenvalue weighted by Gasteiger charge is 2.15. The zero-order chi connectivity index (χ0) is 19.8. The van der Waals surface area contributed by atoms with Gasteiger partial charge in [0.25, 0.3) is 0 Å². The van der Waals surface area contributed by atoms with Crippen molar-refractivity contribution in [2.24, 2.45) is 0 Å². The first-order valence-corrected chi connectivity index (χ1v) is 9.81. The maximum Gasteiger partial charge on any atom is 0.305 e. The van der Waals surface area contributed by atoms with E-state index in [-0.39, 0.29) is 24.4 Å². The van der Waals surface area contributed by atoms with Crippen molar-refractivity contribution in [3.05, 3.63) is 45.0 Å². The summed E-state index contributed by atoms with van der Waals surface area (Å²) in [5.74, 6) is -0.391. The number of halogens is 1. The Morgan fingerprint density at radius 3 is 2.44 bits per heavy atom. The SMILES string of the molecule is CCN(CC)Cc1ccc(C(=O)NNC(=O)CCC(=O)c2ccc(Cl)s2)o1. The summed E-state index contributed by atoms with van der Waals surface area (Å²) in [5.41, 5.74) is 4.57. The lowest BCUT2D eigenvalue weighted by Gasteiger charge is -2.15. The monoisotopic (exact) mass is 411 g/mol. The van der Waals surface area contributed by atoms with Crippen molar-refractivity contribution < 1.29 is 18.8 Å². The molecule has 0 bridgehead atoms. The molecule has 27 heavy (non-hydrogen) atoms. The fraction of sp³-hybridized carbons (Fsp3) is 0.389. The van der Waals surface area contributed by atoms with Crippen molar-refractivity contribution in [1.82, 2.24) is 15.8 Å². The van der Waals surface area contributed by atoms with Crippen molar-refractivity contribution in [3.8, 4) is 0 Å². The Labute approximate surface area is 166 Å². The number of nitrogens with zero attached hydrogens (tertiary/aromatic N) is 1. The fourth-order valence-electron chi connectivity index (χ4n) is 2.32. The predicted molar refractivity (Wildman–Crippen MR) is 104 cm³/mol. The third-order valence-electron chi connectivity index (χ3n) is 3.90. The topological polar surface area (TPSA) is 91.7 Å². The largest absolute Gasteiger partial charge is 0.454 e. The lowest BCUT2D eigenvalue weighted by atomic mass is 10.2. The molecule has 2 aromatic heterocycles. The Bertz CT molecular complexity index is 798. The van der Waals surface area contributed by atoms with Crippen LogP contribution in [-0.4, -0.2) is 35.6 Å². The third kappa shape index (κ3) is 6.50. The van der Waals surface area contributed by atoms with Gasteiger partial charge in [-0.25, -0.2) is 0 Å². The highest BCUT2D eigenvalue weighted by atomic mass is 35.5. The van der Waals surface area contributed by atoms with E-state index in [0.29, 0.717) is 21.5 Å². The van der Waals surface area contributed by atoms with Gasteiger partial charge in [-0.05, 0) is 37.4 Å². The zero-order valence-corrected chi connectivity index (χ0v) is 16.8. The number of thiophene rings is 1. The Balaban J connectivity index is 1.75. The zero-order valence-electron chi connectivity index (χ0n) is 15.2. The van der Waals surface area contributed by atoms with Crippen molar-refractivity contribution in [2.75, 3.05) is 13.1 Å². The number of Topliss-reactive ketones (excluding diaryl/α,β-unsaturated/α-hetero) is 1. The average Bonchev–Trinajstić information content (AvgIpc) is 3.31. The number of carbonyl (C=O) groups excluding carboxylic acids is 3. The van der Waals surface area contributed by atoms with Gasteiger partial charge in [0.15, 0.2) is 11.5 Å². The fourth-order valence-corrected chi connectivity index (χ4v) is 3.33. The van der Waals surface area contributed by atoms with Gasteiger partial charge in [0, 0.05) is 12.8 Å². The summed E-state index contributed by atoms with van der Waals surface area (Å²) in [5, 5.41) is 0. The van der Waals surface area contributed by atoms with E-state index < -0.39 is 11.8 Å². The molecule has 2 amide bonds. The number of rotatable bonds is 9. The molecule has 9 heteroatoms. The quantitative estimate of drug-likeness (QED) is 0.488. The first kappa shape index (κ1) is 21.1. The van der Waals surface area contributed by atoms with E-state index in [1.54, 1.807) is 24.3 Å². The molecule has 7 nitrogen and oxygen atoms in total. The van der Waals surface area contributed by atoms with E-state index in [2.05, 4.69) is 15.8 Å². The highest BCUT2D eigenvalue weighted by molar-refractivity contribution is 7.18. The summed E-state index contributed by atoms with van der Waals surface area (Å²) in [4.78, 5) is 38.4. The van der Waals surface area contributed by atoms with Crippen LogP contribution in [0.1, 0.15) is 52.7 Å². The molecule has 0 saturated heterocycles. The Morgan fingerprint density at radius 1 is 1.07 bits per heavy atom. The molecular formula is C18H22ClN3O4S. The average molecular weight is 412 g/mol. The van der Waals surface area contributed by atoms with Crippen LogP contribution in [0.3, 0.4) is 0 Å². The number of hydrogen-bond donors (Lipinski definition) is 2. The van der Waals surface area contributed by atoms with Gasteiger partial charge in [-0.2, -0.15) is 0 Å². The molecule has 0 fully saturated rings. The summed E-state index contributed by atoms with van der Waals surface area (Å²) >= 11 is 6.96. The molecule has 0 saturated carbocycles. The maximum atomic E-state index is 12.0. The second-order valence-corrected chi connectivity index (χ2v) is 7.47. The minimum atomic E-state index is -0.550. The maximum absolute atomic E-state index is 12.0. The molecular weight excluding hydrogens is 390 g/mol. The van der Waals surface area contributed by atoms with Crippen LogP contribution in [0, 0.1) is 0 Å². The van der Waals surface area contributed by atoms with Gasteiger partial charge in [0.2, 0.25) is 5.91 Å². The van der Waals surface area contributed by atoms with E-state index in [0.717, 1.165) is 13.1 Å². The molecule has 0 radical (unpaired) electrons. The molecule has 146 valence electrons.